The van der Waals surface area contributed by atoms with Crippen LogP contribution in [0.2, 0.25) is 0 Å². The summed E-state index contributed by atoms with van der Waals surface area (Å²) in [6.45, 7) is 2.36. The Morgan fingerprint density at radius 3 is 2.50 bits per heavy atom. The fourth-order valence-electron chi connectivity index (χ4n) is 4.23. The average molecular weight is 551 g/mol. The molecule has 2 amide bonds. The Kier molecular flexibility index (Phi) is 12.2. The van der Waals surface area contributed by atoms with Crippen LogP contribution < -0.4 is 16.4 Å². The van der Waals surface area contributed by atoms with Crippen LogP contribution in [0.3, 0.4) is 0 Å². The number of para-hydroxylation sites is 1. The van der Waals surface area contributed by atoms with Gasteiger partial charge in [-0.15, -0.1) is 0 Å². The highest BCUT2D eigenvalue weighted by Crippen LogP contribution is 2.18. The molecule has 2 atom stereocenters. The lowest BCUT2D eigenvalue weighted by atomic mass is 10.0. The maximum Gasteiger partial charge on any atom is 0.407 e. The van der Waals surface area contributed by atoms with Crippen LogP contribution in [0, 0.1) is 0 Å². The van der Waals surface area contributed by atoms with Gasteiger partial charge in [0.25, 0.3) is 0 Å². The van der Waals surface area contributed by atoms with Crippen LogP contribution in [0.4, 0.5) is 4.79 Å². The number of ether oxygens (including phenoxy) is 2. The third-order valence-corrected chi connectivity index (χ3v) is 6.38. The van der Waals surface area contributed by atoms with Gasteiger partial charge >= 0.3 is 12.1 Å². The summed E-state index contributed by atoms with van der Waals surface area (Å²) < 4.78 is 10.3. The number of carbonyl (C=O) groups excluding carboxylic acids is 4. The van der Waals surface area contributed by atoms with E-state index in [0.717, 1.165) is 34.9 Å². The number of ketones is 1. The number of hydrogen-bond donors (Lipinski definition) is 4. The number of aromatic amines is 1. The molecule has 0 saturated carbocycles. The molecule has 0 spiro atoms. The first kappa shape index (κ1) is 30.4. The number of H-pyrrole nitrogens is 1. The molecule has 10 nitrogen and oxygen atoms in total. The maximum absolute atomic E-state index is 13.1. The van der Waals surface area contributed by atoms with E-state index in [-0.39, 0.29) is 38.3 Å². The Labute approximate surface area is 234 Å². The van der Waals surface area contributed by atoms with Gasteiger partial charge in [0.15, 0.2) is 0 Å². The number of esters is 1. The van der Waals surface area contributed by atoms with Crippen molar-refractivity contribution in [1.82, 2.24) is 15.6 Å². The first-order valence-electron chi connectivity index (χ1n) is 13.6. The molecule has 40 heavy (non-hydrogen) atoms. The molecular formula is C30H38N4O6. The van der Waals surface area contributed by atoms with Gasteiger partial charge < -0.3 is 25.1 Å². The number of Topliss-reactive ketones (excluding diaryl/α,β-unsaturated/α-hetero) is 1. The van der Waals surface area contributed by atoms with Crippen molar-refractivity contribution in [3.63, 3.8) is 0 Å². The van der Waals surface area contributed by atoms with E-state index >= 15 is 0 Å². The Morgan fingerprint density at radius 1 is 0.975 bits per heavy atom. The third-order valence-electron chi connectivity index (χ3n) is 6.38. The second-order valence-corrected chi connectivity index (χ2v) is 9.56. The number of aromatic nitrogens is 1. The predicted molar refractivity (Wildman–Crippen MR) is 151 cm³/mol. The maximum atomic E-state index is 13.1. The number of rotatable bonds is 16. The van der Waals surface area contributed by atoms with E-state index in [1.165, 1.54) is 0 Å². The first-order chi connectivity index (χ1) is 19.4. The molecule has 0 fully saturated rings. The van der Waals surface area contributed by atoms with Gasteiger partial charge in [0.2, 0.25) is 17.9 Å². The molecule has 3 aromatic rings. The highest BCUT2D eigenvalue weighted by molar-refractivity contribution is 5.94. The SMILES string of the molecule is CCCCCC(=O)OC(N)C(=O)C(CCCNC(=O)OCc1ccccc1)NC(=O)Cc1c[nH]c2ccccc12. The van der Waals surface area contributed by atoms with Gasteiger partial charge in [0.1, 0.15) is 6.61 Å². The molecule has 214 valence electrons. The van der Waals surface area contributed by atoms with Crippen molar-refractivity contribution < 1.29 is 28.7 Å². The fraction of sp³-hybridized carbons (Fsp3) is 0.400. The number of carbonyl (C=O) groups is 4. The summed E-state index contributed by atoms with van der Waals surface area (Å²) in [5.41, 5.74) is 8.47. The Hall–Kier alpha value is -4.18. The first-order valence-corrected chi connectivity index (χ1v) is 13.6. The summed E-state index contributed by atoms with van der Waals surface area (Å²) in [5.74, 6) is -1.54. The van der Waals surface area contributed by atoms with Gasteiger partial charge in [0, 0.05) is 30.1 Å². The number of amides is 2. The number of nitrogens with two attached hydrogens (primary N) is 1. The van der Waals surface area contributed by atoms with Gasteiger partial charge in [-0.25, -0.2) is 4.79 Å². The number of benzene rings is 2. The van der Waals surface area contributed by atoms with Crippen LogP contribution >= 0.6 is 0 Å². The van der Waals surface area contributed by atoms with Crippen molar-refractivity contribution in [1.29, 1.82) is 0 Å². The van der Waals surface area contributed by atoms with Gasteiger partial charge in [-0.3, -0.25) is 20.1 Å². The topological polar surface area (TPSA) is 153 Å². The summed E-state index contributed by atoms with van der Waals surface area (Å²) in [6, 6.07) is 15.9. The molecule has 0 bridgehead atoms. The molecule has 10 heteroatoms. The highest BCUT2D eigenvalue weighted by atomic mass is 16.6. The Morgan fingerprint density at radius 2 is 1.73 bits per heavy atom. The van der Waals surface area contributed by atoms with Crippen LogP contribution in [0.1, 0.15) is 56.6 Å². The van der Waals surface area contributed by atoms with E-state index in [4.69, 9.17) is 15.2 Å². The van der Waals surface area contributed by atoms with Crippen molar-refractivity contribution in [3.8, 4) is 0 Å². The molecular weight excluding hydrogens is 512 g/mol. The quantitative estimate of drug-likeness (QED) is 0.120. The molecule has 0 aliphatic heterocycles. The molecule has 2 unspecified atom stereocenters. The minimum Gasteiger partial charge on any atom is -0.445 e. The fourth-order valence-corrected chi connectivity index (χ4v) is 4.23. The van der Waals surface area contributed by atoms with E-state index < -0.39 is 30.1 Å². The molecule has 5 N–H and O–H groups in total. The Bertz CT molecular complexity index is 1260. The summed E-state index contributed by atoms with van der Waals surface area (Å²) in [4.78, 5) is 53.3. The van der Waals surface area contributed by atoms with Gasteiger partial charge in [-0.05, 0) is 36.5 Å². The van der Waals surface area contributed by atoms with E-state index in [9.17, 15) is 19.2 Å². The van der Waals surface area contributed by atoms with E-state index in [0.29, 0.717) is 12.8 Å². The van der Waals surface area contributed by atoms with Crippen LogP contribution in [0.25, 0.3) is 10.9 Å². The summed E-state index contributed by atoms with van der Waals surface area (Å²) in [7, 11) is 0. The van der Waals surface area contributed by atoms with E-state index in [1.807, 2.05) is 61.5 Å². The second-order valence-electron chi connectivity index (χ2n) is 9.56. The predicted octanol–water partition coefficient (Wildman–Crippen LogP) is 3.88. The molecule has 1 heterocycles. The molecule has 2 aromatic carbocycles. The number of alkyl carbamates (subject to hydrolysis) is 1. The number of nitrogens with one attached hydrogen (secondary N) is 3. The summed E-state index contributed by atoms with van der Waals surface area (Å²) in [5, 5.41) is 6.30. The van der Waals surface area contributed by atoms with Crippen molar-refractivity contribution >= 4 is 34.7 Å². The molecule has 1 aromatic heterocycles. The van der Waals surface area contributed by atoms with Gasteiger partial charge in [-0.2, -0.15) is 0 Å². The monoisotopic (exact) mass is 550 g/mol. The third kappa shape index (κ3) is 9.85. The van der Waals surface area contributed by atoms with Crippen LogP contribution in [-0.2, 0) is 36.9 Å². The van der Waals surface area contributed by atoms with Crippen molar-refractivity contribution in [2.24, 2.45) is 5.73 Å². The second kappa shape index (κ2) is 16.0. The van der Waals surface area contributed by atoms with Crippen LogP contribution in [0.15, 0.2) is 60.8 Å². The number of fused-ring (bicyclic) bond motifs is 1. The minimum absolute atomic E-state index is 0.0455. The largest absolute Gasteiger partial charge is 0.445 e. The van der Waals surface area contributed by atoms with Crippen molar-refractivity contribution in [2.75, 3.05) is 6.54 Å². The lowest BCUT2D eigenvalue weighted by molar-refractivity contribution is -0.155. The van der Waals surface area contributed by atoms with Crippen molar-refractivity contribution in [2.45, 2.75) is 70.7 Å². The normalized spacial score (nSPS) is 12.3. The standard InChI is InChI=1S/C30H38N4O6/c1-2-3-5-16-27(36)40-29(31)28(37)25(15-10-17-32-30(38)39-20-21-11-6-4-7-12-21)34-26(35)18-22-19-33-24-14-9-8-13-23(22)24/h4,6-9,11-14,19,25,29,33H,2-3,5,10,15-18,20,31H2,1H3,(H,32,38)(H,34,35). The molecule has 0 aliphatic carbocycles. The smallest absolute Gasteiger partial charge is 0.407 e. The van der Waals surface area contributed by atoms with Gasteiger partial charge in [-0.1, -0.05) is 68.3 Å². The van der Waals surface area contributed by atoms with E-state index in [1.54, 1.807) is 6.20 Å². The molecule has 0 radical (unpaired) electrons. The number of unbranched alkanes of at least 4 members (excludes halogenated alkanes) is 2. The van der Waals surface area contributed by atoms with Crippen LogP contribution in [-0.4, -0.2) is 47.6 Å². The summed E-state index contributed by atoms with van der Waals surface area (Å²) >= 11 is 0. The zero-order chi connectivity index (χ0) is 28.7. The average Bonchev–Trinajstić information content (AvgIpc) is 3.36. The number of hydrogen-bond acceptors (Lipinski definition) is 7. The van der Waals surface area contributed by atoms with Crippen LogP contribution in [0.5, 0.6) is 0 Å². The lowest BCUT2D eigenvalue weighted by Gasteiger charge is -2.21. The molecule has 3 rings (SSSR count). The van der Waals surface area contributed by atoms with Gasteiger partial charge in [0.05, 0.1) is 12.5 Å². The minimum atomic E-state index is -1.50. The zero-order valence-corrected chi connectivity index (χ0v) is 22.8. The molecule has 0 aliphatic rings. The highest BCUT2D eigenvalue weighted by Gasteiger charge is 2.28. The van der Waals surface area contributed by atoms with E-state index in [2.05, 4.69) is 15.6 Å². The van der Waals surface area contributed by atoms with Crippen molar-refractivity contribution in [3.05, 3.63) is 71.9 Å². The summed E-state index contributed by atoms with van der Waals surface area (Å²) in [6.07, 6.45) is 2.86. The lowest BCUT2D eigenvalue weighted by Crippen LogP contribution is -2.50. The Balaban J connectivity index is 1.54. The zero-order valence-electron chi connectivity index (χ0n) is 22.8. The molecule has 0 saturated heterocycles.